The van der Waals surface area contributed by atoms with Gasteiger partial charge >= 0.3 is 6.03 Å². The van der Waals surface area contributed by atoms with Crippen LogP contribution in [0, 0.1) is 11.7 Å². The molecule has 1 aliphatic rings. The summed E-state index contributed by atoms with van der Waals surface area (Å²) < 4.78 is 13.1. The van der Waals surface area contributed by atoms with Crippen LogP contribution in [0.3, 0.4) is 0 Å². The zero-order chi connectivity index (χ0) is 14.8. The van der Waals surface area contributed by atoms with Crippen LogP contribution < -0.4 is 10.6 Å². The van der Waals surface area contributed by atoms with E-state index in [0.717, 1.165) is 25.0 Å². The Bertz CT molecular complexity index is 671. The van der Waals surface area contributed by atoms with Crippen LogP contribution in [-0.4, -0.2) is 11.0 Å². The first-order chi connectivity index (χ1) is 10.1. The molecule has 2 aromatic rings. The van der Waals surface area contributed by atoms with Crippen LogP contribution in [0.2, 0.25) is 0 Å². The summed E-state index contributed by atoms with van der Waals surface area (Å²) in [6.45, 7) is 2.23. The Morgan fingerprint density at radius 3 is 3.10 bits per heavy atom. The Kier molecular flexibility index (Phi) is 3.88. The van der Waals surface area contributed by atoms with E-state index in [1.54, 1.807) is 12.1 Å². The summed E-state index contributed by atoms with van der Waals surface area (Å²) in [5.74, 6) is 0.290. The summed E-state index contributed by atoms with van der Waals surface area (Å²) in [4.78, 5) is 17.6. The van der Waals surface area contributed by atoms with Crippen LogP contribution in [0.5, 0.6) is 0 Å². The molecule has 21 heavy (non-hydrogen) atoms. The molecule has 4 nitrogen and oxygen atoms in total. The Morgan fingerprint density at radius 1 is 1.43 bits per heavy atom. The van der Waals surface area contributed by atoms with Crippen molar-refractivity contribution in [2.75, 3.05) is 10.6 Å². The fourth-order valence-electron chi connectivity index (χ4n) is 2.42. The Labute approximate surface area is 126 Å². The highest BCUT2D eigenvalue weighted by molar-refractivity contribution is 7.15. The lowest BCUT2D eigenvalue weighted by Crippen LogP contribution is -2.19. The topological polar surface area (TPSA) is 54.0 Å². The molecule has 0 spiro atoms. The number of aryl methyl sites for hydroxylation is 1. The largest absolute Gasteiger partial charge is 0.325 e. The lowest BCUT2D eigenvalue weighted by atomic mass is 9.93. The molecule has 0 fully saturated rings. The number of thiazole rings is 1. The average molecular weight is 305 g/mol. The summed E-state index contributed by atoms with van der Waals surface area (Å²) >= 11 is 1.52. The molecule has 0 saturated carbocycles. The summed E-state index contributed by atoms with van der Waals surface area (Å²) in [5, 5.41) is 5.91. The van der Waals surface area contributed by atoms with E-state index in [9.17, 15) is 9.18 Å². The Hall–Kier alpha value is -1.95. The predicted octanol–water partition coefficient (Wildman–Crippen LogP) is 4.05. The number of fused-ring (bicyclic) bond motifs is 1. The molecule has 0 bridgehead atoms. The van der Waals surface area contributed by atoms with Gasteiger partial charge in [-0.25, -0.2) is 14.2 Å². The zero-order valence-electron chi connectivity index (χ0n) is 11.6. The number of rotatable bonds is 2. The van der Waals surface area contributed by atoms with E-state index in [2.05, 4.69) is 22.5 Å². The molecule has 0 radical (unpaired) electrons. The molecule has 0 aliphatic heterocycles. The molecule has 2 amide bonds. The third-order valence-corrected chi connectivity index (χ3v) is 4.52. The van der Waals surface area contributed by atoms with E-state index in [1.165, 1.54) is 28.3 Å². The first-order valence-electron chi connectivity index (χ1n) is 6.92. The van der Waals surface area contributed by atoms with Crippen LogP contribution in [-0.2, 0) is 12.8 Å². The fourth-order valence-corrected chi connectivity index (χ4v) is 3.59. The maximum atomic E-state index is 13.1. The average Bonchev–Trinajstić information content (AvgIpc) is 2.79. The van der Waals surface area contributed by atoms with Gasteiger partial charge in [0.25, 0.3) is 0 Å². The quantitative estimate of drug-likeness (QED) is 0.879. The number of amides is 2. The van der Waals surface area contributed by atoms with E-state index in [-0.39, 0.29) is 5.82 Å². The van der Waals surface area contributed by atoms with Crippen molar-refractivity contribution < 1.29 is 9.18 Å². The number of hydrogen-bond acceptors (Lipinski definition) is 3. The summed E-state index contributed by atoms with van der Waals surface area (Å²) in [7, 11) is 0. The molecule has 3 rings (SSSR count). The molecule has 1 unspecified atom stereocenters. The number of benzene rings is 1. The van der Waals surface area contributed by atoms with Gasteiger partial charge in [0, 0.05) is 10.6 Å². The van der Waals surface area contributed by atoms with Gasteiger partial charge in [-0.1, -0.05) is 13.0 Å². The lowest BCUT2D eigenvalue weighted by molar-refractivity contribution is 0.262. The minimum Gasteiger partial charge on any atom is -0.308 e. The summed E-state index contributed by atoms with van der Waals surface area (Å²) in [5.41, 5.74) is 1.52. The highest BCUT2D eigenvalue weighted by Crippen LogP contribution is 2.32. The van der Waals surface area contributed by atoms with Gasteiger partial charge in [-0.15, -0.1) is 11.3 Å². The predicted molar refractivity (Wildman–Crippen MR) is 82.3 cm³/mol. The van der Waals surface area contributed by atoms with Crippen LogP contribution in [0.4, 0.5) is 20.0 Å². The van der Waals surface area contributed by atoms with Crippen molar-refractivity contribution in [2.24, 2.45) is 5.92 Å². The van der Waals surface area contributed by atoms with Gasteiger partial charge in [0.05, 0.1) is 5.69 Å². The van der Waals surface area contributed by atoms with Gasteiger partial charge in [0.1, 0.15) is 5.82 Å². The zero-order valence-corrected chi connectivity index (χ0v) is 12.5. The molecule has 1 atom stereocenters. The molecule has 2 N–H and O–H groups in total. The highest BCUT2D eigenvalue weighted by atomic mass is 32.1. The first-order valence-corrected chi connectivity index (χ1v) is 7.74. The molecule has 0 saturated heterocycles. The minimum atomic E-state index is -0.403. The van der Waals surface area contributed by atoms with Gasteiger partial charge in [-0.2, -0.15) is 0 Å². The van der Waals surface area contributed by atoms with Gasteiger partial charge in [0.15, 0.2) is 5.13 Å². The standard InChI is InChI=1S/C15H16FN3OS/c1-9-5-6-12-13(7-9)21-15(18-12)19-14(20)17-11-4-2-3-10(16)8-11/h2-4,8-9H,5-7H2,1H3,(H2,17,18,19,20). The molecule has 1 aliphatic carbocycles. The van der Waals surface area contributed by atoms with E-state index in [4.69, 9.17) is 0 Å². The third kappa shape index (κ3) is 3.39. The number of carbonyl (C=O) groups excluding carboxylic acids is 1. The number of anilines is 2. The van der Waals surface area contributed by atoms with E-state index >= 15 is 0 Å². The van der Waals surface area contributed by atoms with Crippen molar-refractivity contribution >= 4 is 28.2 Å². The second-order valence-corrected chi connectivity index (χ2v) is 6.41. The Balaban J connectivity index is 1.65. The number of nitrogens with zero attached hydrogens (tertiary/aromatic N) is 1. The van der Waals surface area contributed by atoms with Crippen LogP contribution >= 0.6 is 11.3 Å². The van der Waals surface area contributed by atoms with E-state index in [1.807, 2.05) is 0 Å². The van der Waals surface area contributed by atoms with Crippen molar-refractivity contribution in [3.8, 4) is 0 Å². The SMILES string of the molecule is CC1CCc2nc(NC(=O)Nc3cccc(F)c3)sc2C1. The van der Waals surface area contributed by atoms with E-state index in [0.29, 0.717) is 16.7 Å². The number of nitrogens with one attached hydrogen (secondary N) is 2. The number of halogens is 1. The lowest BCUT2D eigenvalue weighted by Gasteiger charge is -2.15. The molecular formula is C15H16FN3OS. The molecule has 110 valence electrons. The maximum Gasteiger partial charge on any atom is 0.325 e. The van der Waals surface area contributed by atoms with Crippen molar-refractivity contribution in [1.29, 1.82) is 0 Å². The molecular weight excluding hydrogens is 289 g/mol. The molecule has 1 heterocycles. The molecule has 6 heteroatoms. The van der Waals surface area contributed by atoms with Crippen molar-refractivity contribution in [1.82, 2.24) is 4.98 Å². The monoisotopic (exact) mass is 305 g/mol. The summed E-state index contributed by atoms with van der Waals surface area (Å²) in [6, 6.07) is 5.39. The normalized spacial score (nSPS) is 17.1. The third-order valence-electron chi connectivity index (χ3n) is 3.49. The van der Waals surface area contributed by atoms with Gasteiger partial charge < -0.3 is 5.32 Å². The number of hydrogen-bond donors (Lipinski definition) is 2. The summed E-state index contributed by atoms with van der Waals surface area (Å²) in [6.07, 6.45) is 3.14. The van der Waals surface area contributed by atoms with Crippen molar-refractivity contribution in [2.45, 2.75) is 26.2 Å². The van der Waals surface area contributed by atoms with Crippen LogP contribution in [0.15, 0.2) is 24.3 Å². The van der Waals surface area contributed by atoms with Gasteiger partial charge in [0.2, 0.25) is 0 Å². The second-order valence-electron chi connectivity index (χ2n) is 5.33. The van der Waals surface area contributed by atoms with E-state index < -0.39 is 6.03 Å². The number of aromatic nitrogens is 1. The van der Waals surface area contributed by atoms with Gasteiger partial charge in [-0.3, -0.25) is 5.32 Å². The van der Waals surface area contributed by atoms with Crippen molar-refractivity contribution in [3.63, 3.8) is 0 Å². The van der Waals surface area contributed by atoms with Crippen LogP contribution in [0.1, 0.15) is 23.9 Å². The minimum absolute atomic E-state index is 0.383. The highest BCUT2D eigenvalue weighted by Gasteiger charge is 2.20. The Morgan fingerprint density at radius 2 is 2.29 bits per heavy atom. The number of carbonyl (C=O) groups is 1. The molecule has 1 aromatic carbocycles. The first kappa shape index (κ1) is 14.0. The number of urea groups is 1. The smallest absolute Gasteiger partial charge is 0.308 e. The second kappa shape index (κ2) is 5.81. The van der Waals surface area contributed by atoms with Crippen molar-refractivity contribution in [3.05, 3.63) is 40.7 Å². The van der Waals surface area contributed by atoms with Gasteiger partial charge in [-0.05, 0) is 43.4 Å². The fraction of sp³-hybridized carbons (Fsp3) is 0.333. The maximum absolute atomic E-state index is 13.1. The molecule has 1 aromatic heterocycles. The van der Waals surface area contributed by atoms with Crippen LogP contribution in [0.25, 0.3) is 0 Å².